The number of aliphatic hydroxyl groups is 1. The fraction of sp³-hybridized carbons (Fsp3) is 0.692. The molecule has 0 heterocycles. The Bertz CT molecular complexity index is 2650. The summed E-state index contributed by atoms with van der Waals surface area (Å²) in [6.07, 6.45) is 95.1. The molecule has 110 heavy (non-hydrogen) atoms. The zero-order valence-electron chi connectivity index (χ0n) is 69.1. The number of allylic oxidation sites excluding steroid dienone is 24. The van der Waals surface area contributed by atoms with Crippen LogP contribution in [0, 0.1) is 0 Å². The topological polar surface area (TPSA) is 237 Å². The highest BCUT2D eigenvalue weighted by atomic mass is 31.2. The molecule has 5 atom stereocenters. The minimum absolute atomic E-state index is 0.0694. The van der Waals surface area contributed by atoms with Crippen LogP contribution >= 0.6 is 15.6 Å². The van der Waals surface area contributed by atoms with Gasteiger partial charge in [0, 0.05) is 25.7 Å². The molecular formula is C91H154O17P2. The van der Waals surface area contributed by atoms with Gasteiger partial charge in [-0.15, -0.1) is 0 Å². The number of hydrogen-bond donors (Lipinski definition) is 3. The quantitative estimate of drug-likeness (QED) is 0.0169. The number of ether oxygens (including phenoxy) is 4. The van der Waals surface area contributed by atoms with Crippen molar-refractivity contribution in [3.05, 3.63) is 146 Å². The molecule has 630 valence electrons. The molecule has 17 nitrogen and oxygen atoms in total. The van der Waals surface area contributed by atoms with Gasteiger partial charge in [-0.25, -0.2) is 9.13 Å². The van der Waals surface area contributed by atoms with Gasteiger partial charge in [-0.1, -0.05) is 302 Å². The first-order chi connectivity index (χ1) is 53.7. The van der Waals surface area contributed by atoms with Gasteiger partial charge in [0.15, 0.2) is 12.2 Å². The lowest BCUT2D eigenvalue weighted by atomic mass is 10.1. The lowest BCUT2D eigenvalue weighted by Crippen LogP contribution is -2.30. The summed E-state index contributed by atoms with van der Waals surface area (Å²) in [5.41, 5.74) is 0. The van der Waals surface area contributed by atoms with Gasteiger partial charge in [-0.05, 0) is 167 Å². The molecule has 0 aromatic heterocycles. The van der Waals surface area contributed by atoms with Crippen LogP contribution in [0.15, 0.2) is 146 Å². The standard InChI is InChI=1S/C91H154O17P2/c1-5-9-13-17-21-25-29-33-37-40-42-45-49-52-56-60-64-68-72-76-89(94)102-82-87(108-91(96)78-74-70-66-62-58-54-50-46-43-41-38-34-30-26-22-18-14-10-6-2)84-106-110(99,100)104-80-85(92)79-103-109(97,98)105-83-86(107-90(95)77-73-69-65-61-57-53-47-36-32-28-24-20-16-12-8-4)81-101-88(93)75-71-67-63-59-55-51-48-44-39-35-31-27-23-19-15-11-7-3/h11-12,15-16,21-28,33-39,42-43,45-47,85-87,92H,5-10,13-14,17-20,29-32,40-41,44,48-84H2,1-4H3,(H,97,98)(H,99,100)/b15-11-,16-12-,25-21-,26-22-,27-23-,28-24-,37-33-,38-34-,39-35-,45-42-,46-43-,47-36-. The van der Waals surface area contributed by atoms with Crippen molar-refractivity contribution in [2.45, 2.75) is 367 Å². The third kappa shape index (κ3) is 81.0. The second-order valence-corrected chi connectivity index (χ2v) is 31.3. The van der Waals surface area contributed by atoms with Crippen LogP contribution in [0.25, 0.3) is 0 Å². The summed E-state index contributed by atoms with van der Waals surface area (Å²) in [5.74, 6) is -2.23. The molecule has 0 spiro atoms. The van der Waals surface area contributed by atoms with Crippen LogP contribution in [0.5, 0.6) is 0 Å². The van der Waals surface area contributed by atoms with Crippen LogP contribution in [-0.4, -0.2) is 96.7 Å². The predicted octanol–water partition coefficient (Wildman–Crippen LogP) is 25.8. The highest BCUT2D eigenvalue weighted by Crippen LogP contribution is 2.45. The SMILES string of the molecule is CC/C=C\C/C=C\C/C=C\CCCCCCCCCC(=O)OCC(COP(=O)(O)OCC(O)COP(=O)(O)OCC(COC(=O)CCCCCCCC/C=C\C/C=C\C/C=C\CCCCC)OC(=O)CCCCCCCC/C=C\C/C=C\C/C=C\CCCCC)OC(=O)CCCCCCC/C=C\C/C=C\C/C=C\CC. The van der Waals surface area contributed by atoms with Crippen molar-refractivity contribution < 1.29 is 80.2 Å². The maximum atomic E-state index is 13.2. The van der Waals surface area contributed by atoms with Crippen molar-refractivity contribution in [2.75, 3.05) is 39.6 Å². The first-order valence-electron chi connectivity index (χ1n) is 43.1. The lowest BCUT2D eigenvalue weighted by Gasteiger charge is -2.21. The normalized spacial score (nSPS) is 14.5. The van der Waals surface area contributed by atoms with Crippen LogP contribution in [0.1, 0.15) is 349 Å². The van der Waals surface area contributed by atoms with E-state index in [0.717, 1.165) is 231 Å². The molecule has 0 aromatic rings. The smallest absolute Gasteiger partial charge is 0.462 e. The van der Waals surface area contributed by atoms with Gasteiger partial charge in [0.05, 0.1) is 26.4 Å². The third-order valence-electron chi connectivity index (χ3n) is 17.8. The van der Waals surface area contributed by atoms with Gasteiger partial charge >= 0.3 is 39.5 Å². The number of phosphoric ester groups is 2. The number of rotatable bonds is 80. The molecule has 0 aliphatic rings. The average molecular weight is 1580 g/mol. The summed E-state index contributed by atoms with van der Waals surface area (Å²) >= 11 is 0. The fourth-order valence-corrected chi connectivity index (χ4v) is 12.8. The van der Waals surface area contributed by atoms with Gasteiger partial charge in [-0.3, -0.25) is 37.3 Å². The number of carbonyl (C=O) groups is 4. The van der Waals surface area contributed by atoms with E-state index in [1.807, 2.05) is 0 Å². The first kappa shape index (κ1) is 105. The van der Waals surface area contributed by atoms with E-state index < -0.39 is 97.5 Å². The van der Waals surface area contributed by atoms with Gasteiger partial charge in [0.1, 0.15) is 19.3 Å². The van der Waals surface area contributed by atoms with E-state index in [1.54, 1.807) is 0 Å². The van der Waals surface area contributed by atoms with E-state index in [2.05, 4.69) is 174 Å². The number of esters is 4. The summed E-state index contributed by atoms with van der Waals surface area (Å²) < 4.78 is 68.8. The first-order valence-corrected chi connectivity index (χ1v) is 46.1. The molecule has 0 amide bonds. The van der Waals surface area contributed by atoms with Crippen LogP contribution in [0.2, 0.25) is 0 Å². The number of aliphatic hydroxyl groups excluding tert-OH is 1. The molecule has 0 rings (SSSR count). The Morgan fingerprint density at radius 1 is 0.264 bits per heavy atom. The van der Waals surface area contributed by atoms with E-state index >= 15 is 0 Å². The van der Waals surface area contributed by atoms with Crippen molar-refractivity contribution in [1.29, 1.82) is 0 Å². The predicted molar refractivity (Wildman–Crippen MR) is 454 cm³/mol. The number of hydrogen-bond acceptors (Lipinski definition) is 15. The van der Waals surface area contributed by atoms with Crippen molar-refractivity contribution >= 4 is 39.5 Å². The maximum Gasteiger partial charge on any atom is 0.472 e. The molecule has 0 saturated heterocycles. The summed E-state index contributed by atoms with van der Waals surface area (Å²) in [6, 6.07) is 0. The Labute approximate surface area is 668 Å². The van der Waals surface area contributed by atoms with E-state index in [0.29, 0.717) is 25.7 Å². The number of carbonyl (C=O) groups excluding carboxylic acids is 4. The lowest BCUT2D eigenvalue weighted by molar-refractivity contribution is -0.161. The van der Waals surface area contributed by atoms with Crippen LogP contribution in [0.4, 0.5) is 0 Å². The van der Waals surface area contributed by atoms with Gasteiger partial charge < -0.3 is 33.8 Å². The molecule has 0 aliphatic carbocycles. The fourth-order valence-electron chi connectivity index (χ4n) is 11.3. The van der Waals surface area contributed by atoms with Crippen molar-refractivity contribution in [3.8, 4) is 0 Å². The average Bonchev–Trinajstić information content (AvgIpc) is 0.911. The zero-order chi connectivity index (χ0) is 80.3. The Hall–Kier alpha value is -5.06. The summed E-state index contributed by atoms with van der Waals surface area (Å²) in [6.45, 7) is 4.58. The molecule has 0 radical (unpaired) electrons. The van der Waals surface area contributed by atoms with Crippen LogP contribution in [0.3, 0.4) is 0 Å². The Kier molecular flexibility index (Phi) is 78.2. The maximum absolute atomic E-state index is 13.2. The molecule has 19 heteroatoms. The monoisotopic (exact) mass is 1580 g/mol. The molecule has 5 unspecified atom stereocenters. The molecule has 0 aromatic carbocycles. The highest BCUT2D eigenvalue weighted by molar-refractivity contribution is 7.47. The molecule has 0 saturated carbocycles. The summed E-state index contributed by atoms with van der Waals surface area (Å²) in [7, 11) is -9.99. The third-order valence-corrected chi connectivity index (χ3v) is 19.7. The number of unbranched alkanes of at least 4 members (excludes halogenated alkanes) is 30. The van der Waals surface area contributed by atoms with E-state index in [1.165, 1.54) is 38.5 Å². The Morgan fingerprint density at radius 2 is 0.473 bits per heavy atom. The van der Waals surface area contributed by atoms with E-state index in [4.69, 9.17) is 37.0 Å². The van der Waals surface area contributed by atoms with E-state index in [9.17, 15) is 43.2 Å². The van der Waals surface area contributed by atoms with Gasteiger partial charge in [0.25, 0.3) is 0 Å². The second kappa shape index (κ2) is 81.9. The molecular weight excluding hydrogens is 1430 g/mol. The van der Waals surface area contributed by atoms with Gasteiger partial charge in [-0.2, -0.15) is 0 Å². The van der Waals surface area contributed by atoms with Crippen molar-refractivity contribution in [1.82, 2.24) is 0 Å². The van der Waals surface area contributed by atoms with Gasteiger partial charge in [0.2, 0.25) is 0 Å². The minimum Gasteiger partial charge on any atom is -0.462 e. The van der Waals surface area contributed by atoms with Crippen molar-refractivity contribution in [3.63, 3.8) is 0 Å². The minimum atomic E-state index is -5.00. The summed E-state index contributed by atoms with van der Waals surface area (Å²) in [5, 5.41) is 10.7. The number of phosphoric acid groups is 2. The molecule has 0 bridgehead atoms. The van der Waals surface area contributed by atoms with Crippen LogP contribution < -0.4 is 0 Å². The van der Waals surface area contributed by atoms with Crippen LogP contribution in [-0.2, 0) is 65.4 Å². The largest absolute Gasteiger partial charge is 0.472 e. The molecule has 0 aliphatic heterocycles. The van der Waals surface area contributed by atoms with E-state index in [-0.39, 0.29) is 25.7 Å². The molecule has 3 N–H and O–H groups in total. The zero-order valence-corrected chi connectivity index (χ0v) is 70.9. The Morgan fingerprint density at radius 3 is 0.727 bits per heavy atom. The van der Waals surface area contributed by atoms with Crippen molar-refractivity contribution in [2.24, 2.45) is 0 Å². The molecule has 0 fully saturated rings. The second-order valence-electron chi connectivity index (χ2n) is 28.4. The highest BCUT2D eigenvalue weighted by Gasteiger charge is 2.30. The Balaban J connectivity index is 5.42. The summed E-state index contributed by atoms with van der Waals surface area (Å²) in [4.78, 5) is 73.3.